The number of nitrogens with zero attached hydrogens (tertiary/aromatic N) is 2. The quantitative estimate of drug-likeness (QED) is 0.686. The number of piperazine rings is 1. The summed E-state index contributed by atoms with van der Waals surface area (Å²) in [5.41, 5.74) is 3.50. The molecule has 2 amide bonds. The van der Waals surface area contributed by atoms with E-state index in [2.05, 4.69) is 58.7 Å². The Morgan fingerprint density at radius 3 is 2.20 bits per heavy atom. The van der Waals surface area contributed by atoms with Crippen molar-refractivity contribution in [2.75, 3.05) is 46.3 Å². The second kappa shape index (κ2) is 10.9. The van der Waals surface area contributed by atoms with Gasteiger partial charge >= 0.3 is 11.8 Å². The van der Waals surface area contributed by atoms with Gasteiger partial charge in [0, 0.05) is 39.3 Å². The summed E-state index contributed by atoms with van der Waals surface area (Å²) < 4.78 is 0. The number of nitrogens with one attached hydrogen (secondary N) is 2. The van der Waals surface area contributed by atoms with Crippen LogP contribution in [0.4, 0.5) is 0 Å². The van der Waals surface area contributed by atoms with Crippen LogP contribution in [0.1, 0.15) is 22.7 Å². The van der Waals surface area contributed by atoms with E-state index in [9.17, 15) is 9.59 Å². The van der Waals surface area contributed by atoms with Crippen LogP contribution in [-0.4, -0.2) is 67.9 Å². The molecule has 0 aromatic heterocycles. The Morgan fingerprint density at radius 2 is 1.53 bits per heavy atom. The zero-order chi connectivity index (χ0) is 21.3. The summed E-state index contributed by atoms with van der Waals surface area (Å²) in [6.07, 6.45) is 0.702. The van der Waals surface area contributed by atoms with Gasteiger partial charge in [-0.3, -0.25) is 14.5 Å². The molecule has 160 valence electrons. The highest BCUT2D eigenvalue weighted by Crippen LogP contribution is 2.22. The number of benzene rings is 2. The van der Waals surface area contributed by atoms with Crippen LogP contribution in [-0.2, 0) is 16.0 Å². The molecular weight excluding hydrogens is 376 g/mol. The number of carbonyl (C=O) groups excluding carboxylic acids is 2. The van der Waals surface area contributed by atoms with Crippen LogP contribution in [0.25, 0.3) is 0 Å². The van der Waals surface area contributed by atoms with Gasteiger partial charge < -0.3 is 15.5 Å². The lowest BCUT2D eigenvalue weighted by molar-refractivity contribution is -0.139. The first-order valence-corrected chi connectivity index (χ1v) is 10.6. The molecule has 2 N–H and O–H groups in total. The van der Waals surface area contributed by atoms with E-state index in [1.54, 1.807) is 0 Å². The highest BCUT2D eigenvalue weighted by molar-refractivity contribution is 6.35. The van der Waals surface area contributed by atoms with Gasteiger partial charge in [0.05, 0.1) is 6.04 Å². The van der Waals surface area contributed by atoms with E-state index < -0.39 is 11.8 Å². The predicted octanol–water partition coefficient (Wildman–Crippen LogP) is 1.76. The zero-order valence-electron chi connectivity index (χ0n) is 17.9. The van der Waals surface area contributed by atoms with Gasteiger partial charge in [-0.25, -0.2) is 0 Å². The molecule has 1 fully saturated rings. The number of amides is 2. The minimum atomic E-state index is -0.577. The third-order valence-corrected chi connectivity index (χ3v) is 5.65. The molecule has 1 atom stereocenters. The first-order valence-electron chi connectivity index (χ1n) is 10.6. The van der Waals surface area contributed by atoms with Crippen LogP contribution in [0.15, 0.2) is 54.6 Å². The highest BCUT2D eigenvalue weighted by atomic mass is 16.2. The van der Waals surface area contributed by atoms with Crippen LogP contribution in [0, 0.1) is 6.92 Å². The monoisotopic (exact) mass is 408 g/mol. The SMILES string of the molecule is Cc1ccc([C@H](CNC(=O)C(=O)NCCc2ccccc2)N2CCN(C)CC2)cc1. The second-order valence-corrected chi connectivity index (χ2v) is 7.97. The molecule has 0 bridgehead atoms. The number of hydrogen-bond acceptors (Lipinski definition) is 4. The molecule has 1 heterocycles. The average molecular weight is 409 g/mol. The maximum Gasteiger partial charge on any atom is 0.309 e. The molecule has 0 spiro atoms. The number of aryl methyl sites for hydroxylation is 1. The van der Waals surface area contributed by atoms with Crippen molar-refractivity contribution in [1.82, 2.24) is 20.4 Å². The van der Waals surface area contributed by atoms with Crippen LogP contribution >= 0.6 is 0 Å². The van der Waals surface area contributed by atoms with Crippen molar-refractivity contribution in [3.63, 3.8) is 0 Å². The Morgan fingerprint density at radius 1 is 0.900 bits per heavy atom. The van der Waals surface area contributed by atoms with Gasteiger partial charge in [0.2, 0.25) is 0 Å². The number of carbonyl (C=O) groups is 2. The lowest BCUT2D eigenvalue weighted by Crippen LogP contribution is -2.49. The van der Waals surface area contributed by atoms with Crippen LogP contribution in [0.5, 0.6) is 0 Å². The Hall–Kier alpha value is -2.70. The van der Waals surface area contributed by atoms with Gasteiger partial charge in [-0.15, -0.1) is 0 Å². The summed E-state index contributed by atoms with van der Waals surface area (Å²) in [5, 5.41) is 5.56. The Labute approximate surface area is 179 Å². The van der Waals surface area contributed by atoms with Crippen LogP contribution in [0.3, 0.4) is 0 Å². The van der Waals surface area contributed by atoms with Gasteiger partial charge in [0.15, 0.2) is 0 Å². The lowest BCUT2D eigenvalue weighted by Gasteiger charge is -2.38. The zero-order valence-corrected chi connectivity index (χ0v) is 17.9. The van der Waals surface area contributed by atoms with Crippen molar-refractivity contribution in [3.05, 3.63) is 71.3 Å². The molecule has 1 aliphatic rings. The largest absolute Gasteiger partial charge is 0.348 e. The van der Waals surface area contributed by atoms with Gasteiger partial charge in [-0.05, 0) is 31.5 Å². The summed E-state index contributed by atoms with van der Waals surface area (Å²) in [6, 6.07) is 18.4. The molecule has 2 aromatic carbocycles. The van der Waals surface area contributed by atoms with Gasteiger partial charge in [0.25, 0.3) is 0 Å². The Balaban J connectivity index is 1.54. The minimum Gasteiger partial charge on any atom is -0.348 e. The fraction of sp³-hybridized carbons (Fsp3) is 0.417. The summed E-state index contributed by atoms with van der Waals surface area (Å²) in [6.45, 7) is 6.79. The van der Waals surface area contributed by atoms with E-state index in [0.29, 0.717) is 19.5 Å². The molecule has 3 rings (SSSR count). The van der Waals surface area contributed by atoms with Gasteiger partial charge in [-0.2, -0.15) is 0 Å². The molecule has 0 saturated carbocycles. The van der Waals surface area contributed by atoms with Crippen molar-refractivity contribution >= 4 is 11.8 Å². The molecule has 1 aliphatic heterocycles. The number of likely N-dealkylation sites (N-methyl/N-ethyl adjacent to an activating group) is 1. The van der Waals surface area contributed by atoms with Crippen molar-refractivity contribution in [1.29, 1.82) is 0 Å². The van der Waals surface area contributed by atoms with E-state index in [1.807, 2.05) is 30.3 Å². The Bertz CT molecular complexity index is 815. The molecule has 0 aliphatic carbocycles. The Kier molecular flexibility index (Phi) is 7.99. The van der Waals surface area contributed by atoms with Crippen molar-refractivity contribution in [2.24, 2.45) is 0 Å². The molecule has 30 heavy (non-hydrogen) atoms. The van der Waals surface area contributed by atoms with E-state index in [4.69, 9.17) is 0 Å². The average Bonchev–Trinajstić information content (AvgIpc) is 2.76. The third kappa shape index (κ3) is 6.40. The van der Waals surface area contributed by atoms with Gasteiger partial charge in [0.1, 0.15) is 0 Å². The summed E-state index contributed by atoms with van der Waals surface area (Å²) in [7, 11) is 2.12. The summed E-state index contributed by atoms with van der Waals surface area (Å²) in [5.74, 6) is -1.15. The standard InChI is InChI=1S/C24H32N4O2/c1-19-8-10-21(11-9-19)22(28-16-14-27(2)15-17-28)18-26-24(30)23(29)25-13-12-20-6-4-3-5-7-20/h3-11,22H,12-18H2,1-2H3,(H,25,29)(H,26,30)/t22-/m0/s1. The first-order chi connectivity index (χ1) is 14.5. The summed E-state index contributed by atoms with van der Waals surface area (Å²) >= 11 is 0. The first kappa shape index (κ1) is 22.0. The van der Waals surface area contributed by atoms with Crippen molar-refractivity contribution in [3.8, 4) is 0 Å². The molecule has 6 heteroatoms. The number of hydrogen-bond donors (Lipinski definition) is 2. The summed E-state index contributed by atoms with van der Waals surface area (Å²) in [4.78, 5) is 29.3. The smallest absolute Gasteiger partial charge is 0.309 e. The van der Waals surface area contributed by atoms with Crippen LogP contribution in [0.2, 0.25) is 0 Å². The molecule has 6 nitrogen and oxygen atoms in total. The number of rotatable bonds is 7. The van der Waals surface area contributed by atoms with E-state index in [1.165, 1.54) is 5.56 Å². The minimum absolute atomic E-state index is 0.0559. The van der Waals surface area contributed by atoms with Gasteiger partial charge in [-0.1, -0.05) is 60.2 Å². The lowest BCUT2D eigenvalue weighted by atomic mass is 10.0. The molecular formula is C24H32N4O2. The van der Waals surface area contributed by atoms with E-state index >= 15 is 0 Å². The molecule has 0 unspecified atom stereocenters. The van der Waals surface area contributed by atoms with Crippen molar-refractivity contribution in [2.45, 2.75) is 19.4 Å². The highest BCUT2D eigenvalue weighted by Gasteiger charge is 2.25. The molecule has 2 aromatic rings. The second-order valence-electron chi connectivity index (χ2n) is 7.97. The third-order valence-electron chi connectivity index (χ3n) is 5.65. The maximum atomic E-state index is 12.4. The van der Waals surface area contributed by atoms with E-state index in [0.717, 1.165) is 37.3 Å². The topological polar surface area (TPSA) is 64.7 Å². The molecule has 1 saturated heterocycles. The predicted molar refractivity (Wildman–Crippen MR) is 119 cm³/mol. The maximum absolute atomic E-state index is 12.4. The van der Waals surface area contributed by atoms with Crippen LogP contribution < -0.4 is 10.6 Å². The molecule has 0 radical (unpaired) electrons. The van der Waals surface area contributed by atoms with Crippen molar-refractivity contribution < 1.29 is 9.59 Å². The fourth-order valence-corrected chi connectivity index (χ4v) is 3.69. The normalized spacial score (nSPS) is 16.1. The van der Waals surface area contributed by atoms with E-state index in [-0.39, 0.29) is 6.04 Å². The fourth-order valence-electron chi connectivity index (χ4n) is 3.69.